The van der Waals surface area contributed by atoms with Crippen molar-refractivity contribution in [3.05, 3.63) is 30.6 Å². The topological polar surface area (TPSA) is 72.8 Å². The summed E-state index contributed by atoms with van der Waals surface area (Å²) in [6, 6.07) is 8.17. The van der Waals surface area contributed by atoms with Crippen molar-refractivity contribution in [2.24, 2.45) is 5.92 Å². The molecular weight excluding hydrogens is 729 g/mol. The number of benzene rings is 1. The summed E-state index contributed by atoms with van der Waals surface area (Å²) in [6.07, 6.45) is 27.5. The predicted octanol–water partition coefficient (Wildman–Crippen LogP) is 11.5. The van der Waals surface area contributed by atoms with Crippen molar-refractivity contribution in [2.75, 3.05) is 84.9 Å². The number of fused-ring (bicyclic) bond motifs is 3. The first-order chi connectivity index (χ1) is 28.7. The van der Waals surface area contributed by atoms with Gasteiger partial charge in [0.2, 0.25) is 5.91 Å². The first-order valence-electron chi connectivity index (χ1n) is 24.6. The Labute approximate surface area is 362 Å². The van der Waals surface area contributed by atoms with Gasteiger partial charge in [0.25, 0.3) is 0 Å². The van der Waals surface area contributed by atoms with Gasteiger partial charge in [0.1, 0.15) is 5.52 Å². The Bertz CT molecular complexity index is 1510. The lowest BCUT2D eigenvalue weighted by molar-refractivity contribution is -0.116. The number of pyridine rings is 1. The summed E-state index contributed by atoms with van der Waals surface area (Å²) in [7, 11) is 4.60. The molecule has 1 N–H and O–H groups in total. The van der Waals surface area contributed by atoms with E-state index in [9.17, 15) is 4.79 Å². The number of imidazole rings is 1. The molecule has 0 aliphatic carbocycles. The van der Waals surface area contributed by atoms with Gasteiger partial charge in [-0.15, -0.1) is 0 Å². The molecule has 0 atom stereocenters. The second-order valence-corrected chi connectivity index (χ2v) is 18.2. The summed E-state index contributed by atoms with van der Waals surface area (Å²) in [5.74, 6) is 1.10. The maximum Gasteiger partial charge on any atom is 0.225 e. The van der Waals surface area contributed by atoms with Crippen LogP contribution in [0.4, 0.5) is 5.82 Å². The minimum absolute atomic E-state index is 0.0285. The van der Waals surface area contributed by atoms with Crippen LogP contribution in [-0.2, 0) is 11.3 Å². The first kappa shape index (κ1) is 50.8. The van der Waals surface area contributed by atoms with Crippen LogP contribution in [0.25, 0.3) is 21.9 Å². The minimum atomic E-state index is 0.0285. The number of hydrogen-bond donors (Lipinski definition) is 1. The van der Waals surface area contributed by atoms with Crippen LogP contribution in [0.15, 0.2) is 30.6 Å². The van der Waals surface area contributed by atoms with Gasteiger partial charge in [-0.05, 0) is 77.9 Å². The molecule has 0 saturated carbocycles. The number of carbonyl (C=O) groups is 1. The summed E-state index contributed by atoms with van der Waals surface area (Å²) >= 11 is 0. The second kappa shape index (κ2) is 31.3. The molecule has 0 fully saturated rings. The number of nitrogens with zero attached hydrogens (tertiary/aromatic N) is 7. The van der Waals surface area contributed by atoms with E-state index in [0.717, 1.165) is 93.6 Å². The molecule has 336 valence electrons. The Kier molecular flexibility index (Phi) is 26.9. The van der Waals surface area contributed by atoms with Crippen molar-refractivity contribution >= 4 is 33.7 Å². The number of hydrogen-bond acceptors (Lipinski definition) is 7. The largest absolute Gasteiger partial charge is 0.330 e. The molecule has 0 aliphatic heterocycles. The standard InChI is InChI=1S/C50H90N8O/c1-8-11-13-15-17-19-21-27-33-56(10-3)40-38-54(6)36-37-55(7)39-41-57(34-28-22-20-18-16-14-12-9-2)35-29-23-24-32-47(59)53-50-48-49(58(43-51-48)42-44(4)5)45-30-25-26-31-46(45)52-50/h25-26,30-31,43-44H,8-24,27-29,32-42H2,1-7H3,(H,52,53,59). The lowest BCUT2D eigenvalue weighted by Gasteiger charge is -2.28. The summed E-state index contributed by atoms with van der Waals surface area (Å²) in [6.45, 7) is 23.7. The SMILES string of the molecule is CCCCCCCCCCN(CC)CCN(C)CCN(C)CCN(CCCCCCCCCC)CCCCCC(=O)Nc1nc2ccccc2c2c1ncn2CC(C)C. The van der Waals surface area contributed by atoms with E-state index < -0.39 is 0 Å². The maximum absolute atomic E-state index is 13.2. The van der Waals surface area contributed by atoms with Gasteiger partial charge in [-0.2, -0.15) is 0 Å². The average Bonchev–Trinajstić information content (AvgIpc) is 3.65. The Morgan fingerprint density at radius 1 is 0.627 bits per heavy atom. The maximum atomic E-state index is 13.2. The Morgan fingerprint density at radius 2 is 1.12 bits per heavy atom. The Morgan fingerprint density at radius 3 is 1.68 bits per heavy atom. The second-order valence-electron chi connectivity index (χ2n) is 18.2. The highest BCUT2D eigenvalue weighted by Gasteiger charge is 2.17. The molecule has 0 aliphatic rings. The zero-order chi connectivity index (χ0) is 42.5. The molecule has 0 unspecified atom stereocenters. The van der Waals surface area contributed by atoms with Gasteiger partial charge in [0.15, 0.2) is 5.82 Å². The van der Waals surface area contributed by atoms with Gasteiger partial charge in [-0.3, -0.25) is 4.79 Å². The van der Waals surface area contributed by atoms with Crippen molar-refractivity contribution in [1.82, 2.24) is 34.1 Å². The van der Waals surface area contributed by atoms with Crippen LogP contribution in [0.1, 0.15) is 163 Å². The molecule has 0 saturated heterocycles. The predicted molar refractivity (Wildman–Crippen MR) is 256 cm³/mol. The van der Waals surface area contributed by atoms with Crippen LogP contribution >= 0.6 is 0 Å². The molecule has 0 radical (unpaired) electrons. The number of rotatable bonds is 37. The number of likely N-dealkylation sites (N-methyl/N-ethyl adjacent to an activating group) is 3. The fourth-order valence-electron chi connectivity index (χ4n) is 8.29. The van der Waals surface area contributed by atoms with E-state index in [0.29, 0.717) is 18.2 Å². The van der Waals surface area contributed by atoms with Crippen molar-refractivity contribution in [1.29, 1.82) is 0 Å². The number of para-hydroxylation sites is 1. The summed E-state index contributed by atoms with van der Waals surface area (Å²) in [5, 5.41) is 4.21. The highest BCUT2D eigenvalue weighted by molar-refractivity contribution is 6.09. The molecule has 0 bridgehead atoms. The van der Waals surface area contributed by atoms with E-state index in [4.69, 9.17) is 9.97 Å². The lowest BCUT2D eigenvalue weighted by atomic mass is 10.1. The van der Waals surface area contributed by atoms with E-state index in [2.05, 4.69) is 84.3 Å². The summed E-state index contributed by atoms with van der Waals surface area (Å²) in [4.78, 5) is 33.2. The van der Waals surface area contributed by atoms with Crippen molar-refractivity contribution in [2.45, 2.75) is 170 Å². The van der Waals surface area contributed by atoms with Crippen molar-refractivity contribution < 1.29 is 4.79 Å². The third-order valence-corrected chi connectivity index (χ3v) is 12.2. The molecule has 2 aromatic heterocycles. The highest BCUT2D eigenvalue weighted by Crippen LogP contribution is 2.29. The van der Waals surface area contributed by atoms with Gasteiger partial charge in [-0.1, -0.05) is 149 Å². The fraction of sp³-hybridized carbons (Fsp3) is 0.780. The van der Waals surface area contributed by atoms with Crippen LogP contribution in [0, 0.1) is 5.92 Å². The number of carbonyl (C=O) groups excluding carboxylic acids is 1. The molecule has 59 heavy (non-hydrogen) atoms. The lowest BCUT2D eigenvalue weighted by Crippen LogP contribution is -2.39. The number of amides is 1. The van der Waals surface area contributed by atoms with Gasteiger partial charge in [-0.25, -0.2) is 9.97 Å². The van der Waals surface area contributed by atoms with E-state index in [-0.39, 0.29) is 5.91 Å². The summed E-state index contributed by atoms with van der Waals surface area (Å²) in [5.41, 5.74) is 2.72. The Hall–Kier alpha value is -2.59. The zero-order valence-electron chi connectivity index (χ0n) is 39.4. The van der Waals surface area contributed by atoms with Gasteiger partial charge >= 0.3 is 0 Å². The van der Waals surface area contributed by atoms with E-state index in [1.54, 1.807) is 0 Å². The number of aromatic nitrogens is 3. The van der Waals surface area contributed by atoms with Crippen molar-refractivity contribution in [3.8, 4) is 0 Å². The third kappa shape index (κ3) is 21.2. The quantitative estimate of drug-likeness (QED) is 0.0581. The van der Waals surface area contributed by atoms with Crippen LogP contribution < -0.4 is 5.32 Å². The highest BCUT2D eigenvalue weighted by atomic mass is 16.1. The molecule has 2 heterocycles. The van der Waals surface area contributed by atoms with E-state index >= 15 is 0 Å². The molecule has 0 spiro atoms. The average molecular weight is 819 g/mol. The molecule has 9 heteroatoms. The van der Waals surface area contributed by atoms with Gasteiger partial charge in [0.05, 0.1) is 17.4 Å². The van der Waals surface area contributed by atoms with Crippen molar-refractivity contribution in [3.63, 3.8) is 0 Å². The first-order valence-corrected chi connectivity index (χ1v) is 24.6. The van der Waals surface area contributed by atoms with Crippen LogP contribution in [0.3, 0.4) is 0 Å². The molecule has 3 aromatic rings. The molecule has 1 amide bonds. The number of nitrogens with one attached hydrogen (secondary N) is 1. The van der Waals surface area contributed by atoms with E-state index in [1.165, 1.54) is 122 Å². The third-order valence-electron chi connectivity index (χ3n) is 12.2. The van der Waals surface area contributed by atoms with Crippen LogP contribution in [0.2, 0.25) is 0 Å². The fourth-order valence-corrected chi connectivity index (χ4v) is 8.29. The zero-order valence-corrected chi connectivity index (χ0v) is 39.4. The normalized spacial score (nSPS) is 12.2. The van der Waals surface area contributed by atoms with Gasteiger partial charge in [0, 0.05) is 57.6 Å². The molecule has 3 rings (SSSR count). The Balaban J connectivity index is 1.39. The minimum Gasteiger partial charge on any atom is -0.330 e. The molecular formula is C50H90N8O. The number of anilines is 1. The van der Waals surface area contributed by atoms with Crippen LogP contribution in [0.5, 0.6) is 0 Å². The van der Waals surface area contributed by atoms with Crippen LogP contribution in [-0.4, -0.2) is 120 Å². The molecule has 1 aromatic carbocycles. The smallest absolute Gasteiger partial charge is 0.225 e. The monoisotopic (exact) mass is 819 g/mol. The molecule has 9 nitrogen and oxygen atoms in total. The summed E-state index contributed by atoms with van der Waals surface area (Å²) < 4.78 is 2.20. The van der Waals surface area contributed by atoms with Gasteiger partial charge < -0.3 is 29.5 Å². The number of unbranched alkanes of at least 4 members (excludes halogenated alkanes) is 16. The van der Waals surface area contributed by atoms with E-state index in [1.807, 2.05) is 24.5 Å².